The Morgan fingerprint density at radius 1 is 1.32 bits per heavy atom. The van der Waals surface area contributed by atoms with Gasteiger partial charge in [-0.25, -0.2) is 0 Å². The summed E-state index contributed by atoms with van der Waals surface area (Å²) in [7, 11) is 0. The minimum absolute atomic E-state index is 0.141. The zero-order chi connectivity index (χ0) is 17.6. The molecule has 2 N–H and O–H groups in total. The number of nitrogens with zero attached hydrogens (tertiary/aromatic N) is 1. The Balaban J connectivity index is 1.53. The second-order valence-corrected chi connectivity index (χ2v) is 8.06. The molecule has 0 aliphatic carbocycles. The average Bonchev–Trinajstić information content (AvgIpc) is 2.63. The molecule has 2 saturated heterocycles. The monoisotopic (exact) mass is 343 g/mol. The van der Waals surface area contributed by atoms with Crippen LogP contribution in [0.25, 0.3) is 0 Å². The first-order chi connectivity index (χ1) is 12.1. The number of amides is 1. The number of nitrogens with one attached hydrogen (secondary N) is 2. The number of benzene rings is 1. The molecule has 1 amide bonds. The number of anilines is 2. The fourth-order valence-electron chi connectivity index (χ4n) is 4.08. The Kier molecular flexibility index (Phi) is 6.35. The maximum atomic E-state index is 12.5. The van der Waals surface area contributed by atoms with Crippen LogP contribution >= 0.6 is 0 Å². The van der Waals surface area contributed by atoms with Gasteiger partial charge in [-0.1, -0.05) is 19.9 Å². The highest BCUT2D eigenvalue weighted by molar-refractivity contribution is 5.91. The Hall–Kier alpha value is -1.55. The molecule has 25 heavy (non-hydrogen) atoms. The zero-order valence-electron chi connectivity index (χ0n) is 15.8. The molecule has 2 heterocycles. The average molecular weight is 344 g/mol. The number of hydrogen-bond acceptors (Lipinski definition) is 3. The van der Waals surface area contributed by atoms with Gasteiger partial charge in [0.05, 0.1) is 0 Å². The first kappa shape index (κ1) is 18.2. The summed E-state index contributed by atoms with van der Waals surface area (Å²) in [5.41, 5.74) is 2.16. The summed E-state index contributed by atoms with van der Waals surface area (Å²) in [6, 6.07) is 8.33. The van der Waals surface area contributed by atoms with Gasteiger partial charge in [-0.15, -0.1) is 0 Å². The smallest absolute Gasteiger partial charge is 0.224 e. The second kappa shape index (κ2) is 8.70. The molecular formula is C21H33N3O. The van der Waals surface area contributed by atoms with Crippen molar-refractivity contribution in [3.63, 3.8) is 0 Å². The van der Waals surface area contributed by atoms with Gasteiger partial charge in [0.15, 0.2) is 0 Å². The lowest BCUT2D eigenvalue weighted by Gasteiger charge is -2.32. The molecule has 0 saturated carbocycles. The molecule has 2 unspecified atom stereocenters. The number of hydrogen-bond donors (Lipinski definition) is 2. The highest BCUT2D eigenvalue weighted by Crippen LogP contribution is 2.26. The van der Waals surface area contributed by atoms with Gasteiger partial charge in [-0.2, -0.15) is 0 Å². The van der Waals surface area contributed by atoms with E-state index in [2.05, 4.69) is 47.6 Å². The molecule has 2 atom stereocenters. The van der Waals surface area contributed by atoms with Crippen LogP contribution in [0.15, 0.2) is 24.3 Å². The molecule has 0 bridgehead atoms. The van der Waals surface area contributed by atoms with Gasteiger partial charge in [-0.05, 0) is 74.7 Å². The van der Waals surface area contributed by atoms with E-state index in [-0.39, 0.29) is 5.91 Å². The molecule has 4 heteroatoms. The van der Waals surface area contributed by atoms with E-state index in [0.717, 1.165) is 37.8 Å². The summed E-state index contributed by atoms with van der Waals surface area (Å²) in [6.45, 7) is 8.95. The molecule has 1 aromatic rings. The van der Waals surface area contributed by atoms with Gasteiger partial charge in [0, 0.05) is 30.9 Å². The summed E-state index contributed by atoms with van der Waals surface area (Å²) < 4.78 is 0. The highest BCUT2D eigenvalue weighted by Gasteiger charge is 2.22. The van der Waals surface area contributed by atoms with Gasteiger partial charge in [0.2, 0.25) is 5.91 Å². The maximum absolute atomic E-state index is 12.5. The van der Waals surface area contributed by atoms with Crippen molar-refractivity contribution in [2.75, 3.05) is 36.4 Å². The molecule has 2 fully saturated rings. The van der Waals surface area contributed by atoms with Gasteiger partial charge in [-0.3, -0.25) is 4.79 Å². The summed E-state index contributed by atoms with van der Waals surface area (Å²) in [5.74, 6) is 2.03. The number of carbonyl (C=O) groups is 1. The lowest BCUT2D eigenvalue weighted by atomic mass is 9.85. The SMILES string of the molecule is CC1CCN(c2cccc(NC(=O)CC(C)C3CCCNC3)c2)CC1. The summed E-state index contributed by atoms with van der Waals surface area (Å²) >= 11 is 0. The molecule has 138 valence electrons. The van der Waals surface area contributed by atoms with Crippen LogP contribution in [0, 0.1) is 17.8 Å². The van der Waals surface area contributed by atoms with Crippen LogP contribution in [0.1, 0.15) is 46.0 Å². The lowest BCUT2D eigenvalue weighted by molar-refractivity contribution is -0.117. The quantitative estimate of drug-likeness (QED) is 0.852. The fraction of sp³-hybridized carbons (Fsp3) is 0.667. The van der Waals surface area contributed by atoms with E-state index < -0.39 is 0 Å². The number of carbonyl (C=O) groups excluding carboxylic acids is 1. The maximum Gasteiger partial charge on any atom is 0.224 e. The van der Waals surface area contributed by atoms with Crippen LogP contribution in [0.2, 0.25) is 0 Å². The van der Waals surface area contributed by atoms with Crippen molar-refractivity contribution < 1.29 is 4.79 Å². The van der Waals surface area contributed by atoms with Crippen LogP contribution in [-0.4, -0.2) is 32.1 Å². The van der Waals surface area contributed by atoms with Crippen LogP contribution in [0.3, 0.4) is 0 Å². The topological polar surface area (TPSA) is 44.4 Å². The number of piperidine rings is 2. The summed E-state index contributed by atoms with van der Waals surface area (Å²) in [5, 5.41) is 6.56. The third-order valence-electron chi connectivity index (χ3n) is 5.93. The Labute approximate surface area is 152 Å². The molecule has 3 rings (SSSR count). The molecule has 1 aromatic carbocycles. The van der Waals surface area contributed by atoms with E-state index in [1.165, 1.54) is 31.4 Å². The van der Waals surface area contributed by atoms with Crippen molar-refractivity contribution in [3.8, 4) is 0 Å². The van der Waals surface area contributed by atoms with Gasteiger partial charge >= 0.3 is 0 Å². The molecule has 0 aromatic heterocycles. The van der Waals surface area contributed by atoms with Crippen molar-refractivity contribution >= 4 is 17.3 Å². The molecule has 4 nitrogen and oxygen atoms in total. The van der Waals surface area contributed by atoms with Crippen LogP contribution < -0.4 is 15.5 Å². The Bertz CT molecular complexity index is 560. The third kappa shape index (κ3) is 5.21. The van der Waals surface area contributed by atoms with Crippen molar-refractivity contribution in [3.05, 3.63) is 24.3 Å². The molecule has 0 radical (unpaired) electrons. The van der Waals surface area contributed by atoms with E-state index in [0.29, 0.717) is 18.3 Å². The predicted molar refractivity (Wildman–Crippen MR) is 105 cm³/mol. The first-order valence-corrected chi connectivity index (χ1v) is 9.97. The largest absolute Gasteiger partial charge is 0.371 e. The van der Waals surface area contributed by atoms with Crippen LogP contribution in [0.4, 0.5) is 11.4 Å². The van der Waals surface area contributed by atoms with E-state index >= 15 is 0 Å². The summed E-state index contributed by atoms with van der Waals surface area (Å²) in [4.78, 5) is 14.9. The predicted octanol–water partition coefficient (Wildman–Crippen LogP) is 3.89. The normalized spacial score (nSPS) is 23.3. The zero-order valence-corrected chi connectivity index (χ0v) is 15.8. The van der Waals surface area contributed by atoms with E-state index in [9.17, 15) is 4.79 Å². The molecule has 2 aliphatic heterocycles. The van der Waals surface area contributed by atoms with E-state index in [1.54, 1.807) is 0 Å². The van der Waals surface area contributed by atoms with Gasteiger partial charge in [0.1, 0.15) is 0 Å². The molecular weight excluding hydrogens is 310 g/mol. The molecule has 2 aliphatic rings. The van der Waals surface area contributed by atoms with Crippen molar-refractivity contribution in [1.29, 1.82) is 0 Å². The highest BCUT2D eigenvalue weighted by atomic mass is 16.1. The third-order valence-corrected chi connectivity index (χ3v) is 5.93. The fourth-order valence-corrected chi connectivity index (χ4v) is 4.08. The Morgan fingerprint density at radius 2 is 2.12 bits per heavy atom. The van der Waals surface area contributed by atoms with Crippen LogP contribution in [-0.2, 0) is 4.79 Å². The van der Waals surface area contributed by atoms with Crippen molar-refractivity contribution in [2.24, 2.45) is 17.8 Å². The number of rotatable bonds is 5. The van der Waals surface area contributed by atoms with Crippen molar-refractivity contribution in [2.45, 2.75) is 46.0 Å². The van der Waals surface area contributed by atoms with Crippen LogP contribution in [0.5, 0.6) is 0 Å². The van der Waals surface area contributed by atoms with E-state index in [1.807, 2.05) is 6.07 Å². The minimum atomic E-state index is 0.141. The minimum Gasteiger partial charge on any atom is -0.371 e. The van der Waals surface area contributed by atoms with E-state index in [4.69, 9.17) is 0 Å². The Morgan fingerprint density at radius 3 is 2.84 bits per heavy atom. The summed E-state index contributed by atoms with van der Waals surface area (Å²) in [6.07, 6.45) is 5.59. The first-order valence-electron chi connectivity index (χ1n) is 9.97. The lowest BCUT2D eigenvalue weighted by Crippen LogP contribution is -2.34. The van der Waals surface area contributed by atoms with Gasteiger partial charge in [0.25, 0.3) is 0 Å². The standard InChI is InChI=1S/C21H33N3O/c1-16-8-11-24(12-9-16)20-7-3-6-19(14-20)23-21(25)13-17(2)18-5-4-10-22-15-18/h3,6-7,14,16-18,22H,4-5,8-13,15H2,1-2H3,(H,23,25). The second-order valence-electron chi connectivity index (χ2n) is 8.06. The van der Waals surface area contributed by atoms with Crippen molar-refractivity contribution in [1.82, 2.24) is 5.32 Å². The molecule has 0 spiro atoms. The van der Waals surface area contributed by atoms with Gasteiger partial charge < -0.3 is 15.5 Å².